The van der Waals surface area contributed by atoms with E-state index in [0.717, 1.165) is 66.7 Å². The Morgan fingerprint density at radius 1 is 0.574 bits per heavy atom. The highest BCUT2D eigenvalue weighted by atomic mass is 16.4. The van der Waals surface area contributed by atoms with E-state index < -0.39 is 35.7 Å². The van der Waals surface area contributed by atoms with E-state index in [1.165, 1.54) is 0 Å². The van der Waals surface area contributed by atoms with Crippen LogP contribution in [-0.4, -0.2) is 89.8 Å². The monoisotopic (exact) mass is 738 g/mol. The molecule has 11 heteroatoms. The summed E-state index contributed by atoms with van der Waals surface area (Å²) in [7, 11) is 0. The predicted octanol–water partition coefficient (Wildman–Crippen LogP) is 4.13. The number of carbonyl (C=O) groups excluding carboxylic acids is 1. The summed E-state index contributed by atoms with van der Waals surface area (Å²) in [5.74, 6) is -3.89. The van der Waals surface area contributed by atoms with Gasteiger partial charge in [0.1, 0.15) is 0 Å². The maximum Gasteiger partial charge on any atom is 0.307 e. The fraction of sp³-hybridized carbons (Fsp3) is 0.488. The van der Waals surface area contributed by atoms with Crippen molar-refractivity contribution in [1.82, 2.24) is 20.9 Å². The van der Waals surface area contributed by atoms with E-state index in [4.69, 9.17) is 0 Å². The molecule has 0 bridgehead atoms. The van der Waals surface area contributed by atoms with Crippen LogP contribution in [0.25, 0.3) is 0 Å². The summed E-state index contributed by atoms with van der Waals surface area (Å²) < 4.78 is 0. The summed E-state index contributed by atoms with van der Waals surface area (Å²) in [5, 5.41) is 40.0. The van der Waals surface area contributed by atoms with Gasteiger partial charge in [-0.1, -0.05) is 60.7 Å². The molecule has 6 atom stereocenters. The van der Waals surface area contributed by atoms with Crippen LogP contribution in [-0.2, 0) is 46.6 Å². The number of carbonyl (C=O) groups is 4. The molecule has 3 aliphatic rings. The fourth-order valence-corrected chi connectivity index (χ4v) is 8.71. The minimum absolute atomic E-state index is 0.0349. The van der Waals surface area contributed by atoms with Gasteiger partial charge in [-0.15, -0.1) is 0 Å². The lowest BCUT2D eigenvalue weighted by atomic mass is 9.85. The molecule has 3 aromatic rings. The van der Waals surface area contributed by atoms with Crippen molar-refractivity contribution in [2.45, 2.75) is 51.5 Å². The Balaban J connectivity index is 1.22. The number of amides is 1. The van der Waals surface area contributed by atoms with Gasteiger partial charge in [-0.05, 0) is 142 Å². The smallest absolute Gasteiger partial charge is 0.307 e. The molecule has 3 aromatic carbocycles. The molecule has 0 saturated carbocycles. The highest BCUT2D eigenvalue weighted by Gasteiger charge is 2.33. The third kappa shape index (κ3) is 10.3. The van der Waals surface area contributed by atoms with Crippen molar-refractivity contribution in [2.75, 3.05) is 45.8 Å². The Hall–Kier alpha value is -4.58. The zero-order valence-corrected chi connectivity index (χ0v) is 30.9. The van der Waals surface area contributed by atoms with Gasteiger partial charge >= 0.3 is 17.9 Å². The van der Waals surface area contributed by atoms with E-state index in [1.54, 1.807) is 11.0 Å². The first-order chi connectivity index (χ1) is 26.1. The molecule has 288 valence electrons. The molecule has 6 unspecified atom stereocenters. The van der Waals surface area contributed by atoms with Crippen molar-refractivity contribution in [3.63, 3.8) is 0 Å². The Bertz CT molecular complexity index is 1760. The Kier molecular flexibility index (Phi) is 13.5. The van der Waals surface area contributed by atoms with Crippen LogP contribution in [0.4, 0.5) is 0 Å². The number of nitrogens with zero attached hydrogens (tertiary/aromatic N) is 1. The molecular formula is C43H54N4O7. The van der Waals surface area contributed by atoms with Crippen LogP contribution in [0.3, 0.4) is 0 Å². The number of hydrogen-bond acceptors (Lipinski definition) is 7. The maximum atomic E-state index is 14.4. The third-order valence-electron chi connectivity index (χ3n) is 11.8. The first-order valence-corrected chi connectivity index (χ1v) is 19.5. The van der Waals surface area contributed by atoms with Gasteiger partial charge in [0, 0.05) is 18.7 Å². The second-order valence-electron chi connectivity index (χ2n) is 15.5. The van der Waals surface area contributed by atoms with Crippen LogP contribution in [0.5, 0.6) is 0 Å². The van der Waals surface area contributed by atoms with Crippen molar-refractivity contribution < 1.29 is 34.5 Å². The average Bonchev–Trinajstić information content (AvgIpc) is 3.99. The molecule has 3 heterocycles. The zero-order valence-electron chi connectivity index (χ0n) is 30.9. The van der Waals surface area contributed by atoms with Gasteiger partial charge in [0.2, 0.25) is 0 Å². The molecule has 6 N–H and O–H groups in total. The molecule has 0 aromatic heterocycles. The molecule has 11 nitrogen and oxygen atoms in total. The third-order valence-corrected chi connectivity index (χ3v) is 11.8. The number of hydrogen-bond donors (Lipinski definition) is 6. The minimum atomic E-state index is -0.826. The van der Waals surface area contributed by atoms with Gasteiger partial charge in [-0.3, -0.25) is 19.2 Å². The van der Waals surface area contributed by atoms with Gasteiger partial charge in [0.25, 0.3) is 5.91 Å². The van der Waals surface area contributed by atoms with Crippen molar-refractivity contribution >= 4 is 23.8 Å². The predicted molar refractivity (Wildman–Crippen MR) is 205 cm³/mol. The molecule has 54 heavy (non-hydrogen) atoms. The molecule has 3 fully saturated rings. The average molecular weight is 739 g/mol. The first-order valence-electron chi connectivity index (χ1n) is 19.5. The minimum Gasteiger partial charge on any atom is -0.481 e. The van der Waals surface area contributed by atoms with E-state index in [2.05, 4.69) is 22.0 Å². The topological polar surface area (TPSA) is 168 Å². The van der Waals surface area contributed by atoms with Crippen molar-refractivity contribution in [3.8, 4) is 0 Å². The fourth-order valence-electron chi connectivity index (χ4n) is 8.71. The number of carboxylic acid groups (broad SMARTS) is 3. The van der Waals surface area contributed by atoms with Crippen molar-refractivity contribution in [2.24, 2.45) is 35.5 Å². The normalized spacial score (nSPS) is 21.4. The summed E-state index contributed by atoms with van der Waals surface area (Å²) in [6.07, 6.45) is 4.23. The van der Waals surface area contributed by atoms with Gasteiger partial charge in [-0.25, -0.2) is 0 Å². The van der Waals surface area contributed by atoms with E-state index in [9.17, 15) is 34.5 Å². The van der Waals surface area contributed by atoms with Crippen LogP contribution in [0.1, 0.15) is 57.4 Å². The van der Waals surface area contributed by atoms with Crippen LogP contribution < -0.4 is 16.0 Å². The molecule has 0 spiro atoms. The highest BCUT2D eigenvalue weighted by Crippen LogP contribution is 2.27. The molecule has 3 saturated heterocycles. The van der Waals surface area contributed by atoms with E-state index in [-0.39, 0.29) is 23.7 Å². The standard InChI is InChI=1S/C43H54N4O7/c48-40(33-9-3-7-31(20-33)23-39(43(53)54)36-12-16-46-26-36)47(27-32-8-2-6-30(19-32)22-38(42(51)52)35-11-15-45-25-35)17-13-28-4-1-5-29(18-28)21-37(41(49)50)34-10-14-44-24-34/h1-9,18-20,34-39,44-46H,10-17,21-27H2,(H,49,50)(H,51,52)(H,53,54). The highest BCUT2D eigenvalue weighted by molar-refractivity contribution is 5.94. The summed E-state index contributed by atoms with van der Waals surface area (Å²) in [6.45, 7) is 5.23. The number of benzene rings is 3. The largest absolute Gasteiger partial charge is 0.481 e. The van der Waals surface area contributed by atoms with Crippen LogP contribution in [0.2, 0.25) is 0 Å². The number of rotatable bonds is 18. The number of aliphatic carboxylic acids is 3. The SMILES string of the molecule is O=C(O)C(Cc1cccc(CCN(Cc2cccc(CC(C(=O)O)C3CCNC3)c2)C(=O)c2cccc(CC(C(=O)O)C3CCNC3)c2)c1)C1CCNC1. The van der Waals surface area contributed by atoms with Crippen molar-refractivity contribution in [1.29, 1.82) is 0 Å². The Morgan fingerprint density at radius 3 is 1.43 bits per heavy atom. The molecule has 6 rings (SSSR count). The summed E-state index contributed by atoms with van der Waals surface area (Å²) in [4.78, 5) is 52.9. The Morgan fingerprint density at radius 2 is 0.981 bits per heavy atom. The quantitative estimate of drug-likeness (QED) is 0.112. The second kappa shape index (κ2) is 18.6. The van der Waals surface area contributed by atoms with Gasteiger partial charge in [0.15, 0.2) is 0 Å². The summed E-state index contributed by atoms with van der Waals surface area (Å²) in [5.41, 5.74) is 5.07. The summed E-state index contributed by atoms with van der Waals surface area (Å²) in [6, 6.07) is 23.1. The molecule has 3 aliphatic heterocycles. The number of carboxylic acids is 3. The number of nitrogens with one attached hydrogen (secondary N) is 3. The molecule has 0 radical (unpaired) electrons. The molecule has 1 amide bonds. The zero-order chi connectivity index (χ0) is 38.0. The van der Waals surface area contributed by atoms with Crippen LogP contribution >= 0.6 is 0 Å². The summed E-state index contributed by atoms with van der Waals surface area (Å²) >= 11 is 0. The Labute approximate surface area is 317 Å². The van der Waals surface area contributed by atoms with Gasteiger partial charge in [0.05, 0.1) is 17.8 Å². The van der Waals surface area contributed by atoms with Crippen LogP contribution in [0, 0.1) is 35.5 Å². The van der Waals surface area contributed by atoms with Crippen LogP contribution in [0.15, 0.2) is 72.8 Å². The molecule has 0 aliphatic carbocycles. The lowest BCUT2D eigenvalue weighted by Crippen LogP contribution is -2.33. The van der Waals surface area contributed by atoms with E-state index >= 15 is 0 Å². The van der Waals surface area contributed by atoms with Crippen molar-refractivity contribution in [3.05, 3.63) is 106 Å². The van der Waals surface area contributed by atoms with Gasteiger partial charge in [-0.2, -0.15) is 0 Å². The lowest BCUT2D eigenvalue weighted by Gasteiger charge is -2.25. The van der Waals surface area contributed by atoms with E-state index in [0.29, 0.717) is 64.0 Å². The molecular weight excluding hydrogens is 684 g/mol. The maximum absolute atomic E-state index is 14.4. The second-order valence-corrected chi connectivity index (χ2v) is 15.5. The first kappa shape index (κ1) is 39.1. The van der Waals surface area contributed by atoms with Gasteiger partial charge < -0.3 is 36.2 Å². The van der Waals surface area contributed by atoms with E-state index in [1.807, 2.05) is 60.7 Å². The lowest BCUT2D eigenvalue weighted by molar-refractivity contribution is -0.144.